The molecule has 1 aromatic rings. The largest absolute Gasteiger partial charge is 0.497 e. The van der Waals surface area contributed by atoms with Gasteiger partial charge in [-0.3, -0.25) is 0 Å². The monoisotopic (exact) mass is 180 g/mol. The van der Waals surface area contributed by atoms with Gasteiger partial charge in [-0.1, -0.05) is 12.1 Å². The summed E-state index contributed by atoms with van der Waals surface area (Å²) in [7, 11) is 1.67. The van der Waals surface area contributed by atoms with E-state index in [-0.39, 0.29) is 6.10 Å². The Hall–Kier alpha value is -1.02. The molecule has 1 rings (SSSR count). The first-order chi connectivity index (χ1) is 6.27. The molecule has 1 unspecified atom stereocenters. The summed E-state index contributed by atoms with van der Waals surface area (Å²) in [5, 5.41) is 0. The molecule has 0 bridgehead atoms. The van der Waals surface area contributed by atoms with Gasteiger partial charge in [-0.2, -0.15) is 0 Å². The number of benzene rings is 1. The predicted molar refractivity (Wildman–Crippen MR) is 53.0 cm³/mol. The van der Waals surface area contributed by atoms with E-state index in [9.17, 15) is 0 Å². The Kier molecular flexibility index (Phi) is 3.77. The van der Waals surface area contributed by atoms with Crippen molar-refractivity contribution in [2.45, 2.75) is 20.0 Å². The molecule has 0 saturated heterocycles. The maximum atomic E-state index is 5.46. The molecule has 0 aliphatic carbocycles. The van der Waals surface area contributed by atoms with Crippen LogP contribution in [-0.2, 0) is 4.74 Å². The van der Waals surface area contributed by atoms with Crippen molar-refractivity contribution in [2.75, 3.05) is 13.7 Å². The van der Waals surface area contributed by atoms with Crippen LogP contribution < -0.4 is 4.74 Å². The molecule has 13 heavy (non-hydrogen) atoms. The summed E-state index contributed by atoms with van der Waals surface area (Å²) in [5.74, 6) is 0.882. The highest BCUT2D eigenvalue weighted by Crippen LogP contribution is 2.19. The molecular weight excluding hydrogens is 164 g/mol. The smallest absolute Gasteiger partial charge is 0.118 e. The second-order valence-corrected chi connectivity index (χ2v) is 2.87. The first kappa shape index (κ1) is 10.1. The van der Waals surface area contributed by atoms with Gasteiger partial charge in [-0.05, 0) is 31.5 Å². The van der Waals surface area contributed by atoms with E-state index in [0.717, 1.165) is 12.4 Å². The third-order valence-corrected chi connectivity index (χ3v) is 2.00. The van der Waals surface area contributed by atoms with Gasteiger partial charge in [0.15, 0.2) is 0 Å². The molecule has 0 N–H and O–H groups in total. The summed E-state index contributed by atoms with van der Waals surface area (Å²) in [6.07, 6.45) is 0.163. The number of methoxy groups -OCH3 is 1. The molecule has 0 heterocycles. The normalized spacial score (nSPS) is 12.5. The maximum absolute atomic E-state index is 5.46. The molecule has 2 nitrogen and oxygen atoms in total. The third-order valence-electron chi connectivity index (χ3n) is 2.00. The fourth-order valence-corrected chi connectivity index (χ4v) is 1.22. The zero-order valence-corrected chi connectivity index (χ0v) is 8.41. The number of ether oxygens (including phenoxy) is 2. The third kappa shape index (κ3) is 2.74. The van der Waals surface area contributed by atoms with Gasteiger partial charge >= 0.3 is 0 Å². The Morgan fingerprint density at radius 1 is 1.23 bits per heavy atom. The first-order valence-electron chi connectivity index (χ1n) is 4.53. The molecule has 0 fully saturated rings. The zero-order valence-electron chi connectivity index (χ0n) is 8.41. The maximum Gasteiger partial charge on any atom is 0.118 e. The van der Waals surface area contributed by atoms with E-state index in [4.69, 9.17) is 9.47 Å². The van der Waals surface area contributed by atoms with Crippen molar-refractivity contribution in [3.63, 3.8) is 0 Å². The fraction of sp³-hybridized carbons (Fsp3) is 0.455. The highest BCUT2D eigenvalue weighted by molar-refractivity contribution is 5.28. The van der Waals surface area contributed by atoms with Gasteiger partial charge in [0.25, 0.3) is 0 Å². The van der Waals surface area contributed by atoms with Crippen molar-refractivity contribution in [2.24, 2.45) is 0 Å². The highest BCUT2D eigenvalue weighted by Gasteiger charge is 2.03. The van der Waals surface area contributed by atoms with Crippen molar-refractivity contribution in [1.82, 2.24) is 0 Å². The van der Waals surface area contributed by atoms with Crippen LogP contribution in [0.5, 0.6) is 5.75 Å². The second kappa shape index (κ2) is 4.87. The molecule has 0 aliphatic rings. The van der Waals surface area contributed by atoms with Crippen LogP contribution in [0.15, 0.2) is 24.3 Å². The van der Waals surface area contributed by atoms with Gasteiger partial charge in [0.05, 0.1) is 13.2 Å². The Morgan fingerprint density at radius 3 is 2.31 bits per heavy atom. The van der Waals surface area contributed by atoms with E-state index < -0.39 is 0 Å². The average molecular weight is 180 g/mol. The molecule has 0 saturated carbocycles. The number of hydrogen-bond acceptors (Lipinski definition) is 2. The van der Waals surface area contributed by atoms with Crippen LogP contribution in [0.4, 0.5) is 0 Å². The Labute approximate surface area is 79.5 Å². The van der Waals surface area contributed by atoms with Gasteiger partial charge in [0.1, 0.15) is 5.75 Å². The van der Waals surface area contributed by atoms with E-state index in [2.05, 4.69) is 0 Å². The van der Waals surface area contributed by atoms with Gasteiger partial charge in [-0.25, -0.2) is 0 Å². The van der Waals surface area contributed by atoms with Gasteiger partial charge in [0, 0.05) is 6.61 Å². The topological polar surface area (TPSA) is 18.5 Å². The molecule has 0 aromatic heterocycles. The lowest BCUT2D eigenvalue weighted by Crippen LogP contribution is -1.98. The molecular formula is C11H16O2. The lowest BCUT2D eigenvalue weighted by molar-refractivity contribution is 0.0764. The van der Waals surface area contributed by atoms with Crippen LogP contribution in [0.25, 0.3) is 0 Å². The SMILES string of the molecule is CCOC(C)c1ccc(OC)cc1. The summed E-state index contributed by atoms with van der Waals surface area (Å²) in [6.45, 7) is 4.79. The van der Waals surface area contributed by atoms with E-state index in [1.165, 1.54) is 5.56 Å². The van der Waals surface area contributed by atoms with Crippen LogP contribution in [0.3, 0.4) is 0 Å². The van der Waals surface area contributed by atoms with E-state index >= 15 is 0 Å². The standard InChI is InChI=1S/C11H16O2/c1-4-13-9(2)10-5-7-11(12-3)8-6-10/h5-9H,4H2,1-3H3. The molecule has 0 spiro atoms. The van der Waals surface area contributed by atoms with E-state index in [1.807, 2.05) is 38.1 Å². The average Bonchev–Trinajstić information content (AvgIpc) is 2.18. The Balaban J connectivity index is 2.67. The van der Waals surface area contributed by atoms with Crippen LogP contribution in [-0.4, -0.2) is 13.7 Å². The Morgan fingerprint density at radius 2 is 1.85 bits per heavy atom. The molecule has 1 aromatic carbocycles. The summed E-state index contributed by atoms with van der Waals surface area (Å²) < 4.78 is 10.5. The van der Waals surface area contributed by atoms with Crippen LogP contribution in [0, 0.1) is 0 Å². The minimum absolute atomic E-state index is 0.163. The van der Waals surface area contributed by atoms with Crippen molar-refractivity contribution in [3.05, 3.63) is 29.8 Å². The van der Waals surface area contributed by atoms with Crippen LogP contribution in [0.1, 0.15) is 25.5 Å². The number of hydrogen-bond donors (Lipinski definition) is 0. The van der Waals surface area contributed by atoms with Crippen molar-refractivity contribution >= 4 is 0 Å². The molecule has 0 amide bonds. The molecule has 72 valence electrons. The lowest BCUT2D eigenvalue weighted by Gasteiger charge is -2.11. The van der Waals surface area contributed by atoms with E-state index in [1.54, 1.807) is 7.11 Å². The van der Waals surface area contributed by atoms with Crippen LogP contribution >= 0.6 is 0 Å². The minimum Gasteiger partial charge on any atom is -0.497 e. The second-order valence-electron chi connectivity index (χ2n) is 2.87. The summed E-state index contributed by atoms with van der Waals surface area (Å²) in [4.78, 5) is 0. The molecule has 1 atom stereocenters. The molecule has 2 heteroatoms. The van der Waals surface area contributed by atoms with Gasteiger partial charge in [-0.15, -0.1) is 0 Å². The number of rotatable bonds is 4. The minimum atomic E-state index is 0.163. The van der Waals surface area contributed by atoms with Gasteiger partial charge < -0.3 is 9.47 Å². The zero-order chi connectivity index (χ0) is 9.68. The lowest BCUT2D eigenvalue weighted by atomic mass is 10.1. The fourth-order valence-electron chi connectivity index (χ4n) is 1.22. The van der Waals surface area contributed by atoms with Crippen molar-refractivity contribution in [1.29, 1.82) is 0 Å². The highest BCUT2D eigenvalue weighted by atomic mass is 16.5. The van der Waals surface area contributed by atoms with Gasteiger partial charge in [0.2, 0.25) is 0 Å². The summed E-state index contributed by atoms with van der Waals surface area (Å²) in [6, 6.07) is 7.95. The predicted octanol–water partition coefficient (Wildman–Crippen LogP) is 2.79. The summed E-state index contributed by atoms with van der Waals surface area (Å²) >= 11 is 0. The Bertz CT molecular complexity index is 241. The van der Waals surface area contributed by atoms with Crippen molar-refractivity contribution in [3.8, 4) is 5.75 Å². The molecule has 0 aliphatic heterocycles. The van der Waals surface area contributed by atoms with E-state index in [0.29, 0.717) is 0 Å². The quantitative estimate of drug-likeness (QED) is 0.709. The van der Waals surface area contributed by atoms with Crippen molar-refractivity contribution < 1.29 is 9.47 Å². The van der Waals surface area contributed by atoms with Crippen LogP contribution in [0.2, 0.25) is 0 Å². The first-order valence-corrected chi connectivity index (χ1v) is 4.53. The summed E-state index contributed by atoms with van der Waals surface area (Å²) in [5.41, 5.74) is 1.18. The molecule has 0 radical (unpaired) electrons.